The second kappa shape index (κ2) is 12.7. The number of benzene rings is 3. The highest BCUT2D eigenvalue weighted by molar-refractivity contribution is 7.07. The fraction of sp³-hybridized carbons (Fsp3) is 0.219. The van der Waals surface area contributed by atoms with Crippen molar-refractivity contribution in [3.8, 4) is 17.2 Å². The van der Waals surface area contributed by atoms with Gasteiger partial charge in [0.15, 0.2) is 16.3 Å². The van der Waals surface area contributed by atoms with Crippen LogP contribution >= 0.6 is 22.9 Å². The highest BCUT2D eigenvalue weighted by Gasteiger charge is 2.33. The Hall–Kier alpha value is -4.34. The summed E-state index contributed by atoms with van der Waals surface area (Å²) in [5.74, 6) is 1.26. The molecule has 0 saturated carbocycles. The van der Waals surface area contributed by atoms with Crippen molar-refractivity contribution >= 4 is 35.0 Å². The van der Waals surface area contributed by atoms with E-state index in [1.165, 1.54) is 11.3 Å². The Bertz CT molecular complexity index is 1820. The van der Waals surface area contributed by atoms with Gasteiger partial charge in [-0.15, -0.1) is 0 Å². The van der Waals surface area contributed by atoms with E-state index in [4.69, 9.17) is 30.5 Å². The standard InChI is InChI=1S/C32H29ClN2O6S/c1-5-40-31(37)28-19(2)34-32-35(29(28)22-9-13-24(38-3)14-10-22)30(36)27(42-32)17-21-8-15-25(39-4)26(16-21)41-18-20-6-11-23(33)12-7-20/h6-17,29H,5,18H2,1-4H3/b27-17+/t29-/m1/s1. The molecule has 0 aliphatic carbocycles. The monoisotopic (exact) mass is 604 g/mol. The lowest BCUT2D eigenvalue weighted by Crippen LogP contribution is -2.39. The predicted octanol–water partition coefficient (Wildman–Crippen LogP) is 5.05. The molecule has 0 saturated heterocycles. The maximum atomic E-state index is 13.9. The molecule has 8 nitrogen and oxygen atoms in total. The normalized spacial score (nSPS) is 14.7. The third-order valence-corrected chi connectivity index (χ3v) is 7.98. The summed E-state index contributed by atoms with van der Waals surface area (Å²) in [5.41, 5.74) is 2.99. The Kier molecular flexibility index (Phi) is 8.80. The molecular weight excluding hydrogens is 576 g/mol. The summed E-state index contributed by atoms with van der Waals surface area (Å²) in [7, 11) is 3.16. The number of halogens is 1. The summed E-state index contributed by atoms with van der Waals surface area (Å²) in [6.07, 6.45) is 1.78. The van der Waals surface area contributed by atoms with Gasteiger partial charge in [-0.2, -0.15) is 0 Å². The fourth-order valence-corrected chi connectivity index (χ4v) is 5.85. The van der Waals surface area contributed by atoms with Gasteiger partial charge in [0.2, 0.25) is 0 Å². The number of thiazole rings is 1. The van der Waals surface area contributed by atoms with E-state index in [2.05, 4.69) is 4.99 Å². The molecule has 4 aromatic rings. The summed E-state index contributed by atoms with van der Waals surface area (Å²) in [5, 5.41) is 0.651. The summed E-state index contributed by atoms with van der Waals surface area (Å²) in [4.78, 5) is 32.1. The lowest BCUT2D eigenvalue weighted by atomic mass is 9.96. The van der Waals surface area contributed by atoms with E-state index in [0.29, 0.717) is 49.5 Å². The molecule has 2 heterocycles. The molecule has 1 aliphatic rings. The number of hydrogen-bond donors (Lipinski definition) is 0. The molecule has 0 bridgehead atoms. The van der Waals surface area contributed by atoms with Crippen molar-refractivity contribution in [2.75, 3.05) is 20.8 Å². The summed E-state index contributed by atoms with van der Waals surface area (Å²) < 4.78 is 24.2. The number of allylic oxidation sites excluding steroid dienone is 1. The van der Waals surface area contributed by atoms with Gasteiger partial charge in [-0.3, -0.25) is 9.36 Å². The Morgan fingerprint density at radius 3 is 2.43 bits per heavy atom. The molecule has 5 rings (SSSR count). The largest absolute Gasteiger partial charge is 0.497 e. The van der Waals surface area contributed by atoms with Crippen LogP contribution in [0.1, 0.15) is 36.6 Å². The molecule has 0 unspecified atom stereocenters. The van der Waals surface area contributed by atoms with Gasteiger partial charge in [0.1, 0.15) is 12.4 Å². The average Bonchev–Trinajstić information content (AvgIpc) is 3.30. The second-order valence-corrected chi connectivity index (χ2v) is 10.8. The van der Waals surface area contributed by atoms with Crippen molar-refractivity contribution in [2.45, 2.75) is 26.5 Å². The molecule has 1 aromatic heterocycles. The van der Waals surface area contributed by atoms with Crippen LogP contribution in [0.2, 0.25) is 5.02 Å². The fourth-order valence-electron chi connectivity index (χ4n) is 4.68. The van der Waals surface area contributed by atoms with E-state index < -0.39 is 12.0 Å². The number of ether oxygens (including phenoxy) is 4. The Morgan fingerprint density at radius 1 is 1.02 bits per heavy atom. The van der Waals surface area contributed by atoms with Gasteiger partial charge in [0.05, 0.1) is 42.7 Å². The van der Waals surface area contributed by atoms with Crippen LogP contribution in [0.25, 0.3) is 6.08 Å². The molecular formula is C32H29ClN2O6S. The minimum absolute atomic E-state index is 0.204. The van der Waals surface area contributed by atoms with Gasteiger partial charge in [-0.05, 0) is 73.0 Å². The molecule has 1 atom stereocenters. The number of nitrogens with zero attached hydrogens (tertiary/aromatic N) is 2. The van der Waals surface area contributed by atoms with Crippen molar-refractivity contribution in [2.24, 2.45) is 4.99 Å². The zero-order valence-electron chi connectivity index (χ0n) is 23.5. The molecule has 1 aliphatic heterocycles. The molecule has 216 valence electrons. The van der Waals surface area contributed by atoms with E-state index in [1.807, 2.05) is 48.5 Å². The first-order valence-electron chi connectivity index (χ1n) is 13.2. The van der Waals surface area contributed by atoms with Crippen LogP contribution < -0.4 is 29.1 Å². The topological polar surface area (TPSA) is 88.4 Å². The van der Waals surface area contributed by atoms with Crippen LogP contribution in [0, 0.1) is 0 Å². The molecule has 3 aromatic carbocycles. The van der Waals surface area contributed by atoms with Crippen LogP contribution in [0.4, 0.5) is 0 Å². The first kappa shape index (κ1) is 29.2. The van der Waals surface area contributed by atoms with Crippen molar-refractivity contribution < 1.29 is 23.7 Å². The van der Waals surface area contributed by atoms with Gasteiger partial charge >= 0.3 is 5.97 Å². The molecule has 42 heavy (non-hydrogen) atoms. The Labute approximate surface area is 251 Å². The van der Waals surface area contributed by atoms with Gasteiger partial charge in [-0.25, -0.2) is 9.79 Å². The number of fused-ring (bicyclic) bond motifs is 1. The van der Waals surface area contributed by atoms with E-state index in [1.54, 1.807) is 56.9 Å². The minimum atomic E-state index is -0.706. The minimum Gasteiger partial charge on any atom is -0.497 e. The SMILES string of the molecule is CCOC(=O)C1=C(C)N=c2s/c(=C/c3ccc(OC)c(OCc4ccc(Cl)cc4)c3)c(=O)n2[C@@H]1c1ccc(OC)cc1. The van der Waals surface area contributed by atoms with Crippen molar-refractivity contribution in [1.82, 2.24) is 4.57 Å². The van der Waals surface area contributed by atoms with Gasteiger partial charge < -0.3 is 18.9 Å². The number of rotatable bonds is 9. The first-order chi connectivity index (χ1) is 20.3. The second-order valence-electron chi connectivity index (χ2n) is 9.40. The van der Waals surface area contributed by atoms with Crippen LogP contribution in [0.15, 0.2) is 87.8 Å². The lowest BCUT2D eigenvalue weighted by Gasteiger charge is -2.24. The number of aromatic nitrogens is 1. The average molecular weight is 605 g/mol. The molecule has 0 spiro atoms. The summed E-state index contributed by atoms with van der Waals surface area (Å²) in [6, 6.07) is 19.4. The zero-order chi connectivity index (χ0) is 29.8. The smallest absolute Gasteiger partial charge is 0.338 e. The summed E-state index contributed by atoms with van der Waals surface area (Å²) >= 11 is 7.25. The third-order valence-electron chi connectivity index (χ3n) is 6.74. The lowest BCUT2D eigenvalue weighted by molar-refractivity contribution is -0.139. The van der Waals surface area contributed by atoms with E-state index >= 15 is 0 Å². The molecule has 0 amide bonds. The number of esters is 1. The van der Waals surface area contributed by atoms with Gasteiger partial charge in [0.25, 0.3) is 5.56 Å². The van der Waals surface area contributed by atoms with Crippen LogP contribution in [-0.2, 0) is 16.1 Å². The van der Waals surface area contributed by atoms with Crippen LogP contribution in [-0.4, -0.2) is 31.4 Å². The van der Waals surface area contributed by atoms with Crippen molar-refractivity contribution in [3.63, 3.8) is 0 Å². The number of carbonyl (C=O) groups excluding carboxylic acids is 1. The van der Waals surface area contributed by atoms with E-state index in [9.17, 15) is 9.59 Å². The van der Waals surface area contributed by atoms with Crippen LogP contribution in [0.3, 0.4) is 0 Å². The van der Waals surface area contributed by atoms with Crippen LogP contribution in [0.5, 0.6) is 17.2 Å². The Morgan fingerprint density at radius 2 is 1.76 bits per heavy atom. The first-order valence-corrected chi connectivity index (χ1v) is 14.4. The number of methoxy groups -OCH3 is 2. The number of carbonyl (C=O) groups is 1. The maximum absolute atomic E-state index is 13.9. The van der Waals surface area contributed by atoms with E-state index in [0.717, 1.165) is 16.7 Å². The predicted molar refractivity (Wildman–Crippen MR) is 162 cm³/mol. The Balaban J connectivity index is 1.57. The number of hydrogen-bond acceptors (Lipinski definition) is 8. The highest BCUT2D eigenvalue weighted by Crippen LogP contribution is 2.32. The van der Waals surface area contributed by atoms with Gasteiger partial charge in [0, 0.05) is 5.02 Å². The zero-order valence-corrected chi connectivity index (χ0v) is 25.1. The van der Waals surface area contributed by atoms with Crippen molar-refractivity contribution in [3.05, 3.63) is 119 Å². The van der Waals surface area contributed by atoms with Gasteiger partial charge in [-0.1, -0.05) is 53.3 Å². The molecule has 10 heteroatoms. The quantitative estimate of drug-likeness (QED) is 0.249. The molecule has 0 N–H and O–H groups in total. The highest BCUT2D eigenvalue weighted by atomic mass is 35.5. The maximum Gasteiger partial charge on any atom is 0.338 e. The molecule has 0 radical (unpaired) electrons. The third kappa shape index (κ3) is 5.98. The van der Waals surface area contributed by atoms with E-state index in [-0.39, 0.29) is 12.2 Å². The summed E-state index contributed by atoms with van der Waals surface area (Å²) in [6.45, 7) is 4.02. The van der Waals surface area contributed by atoms with Crippen molar-refractivity contribution in [1.29, 1.82) is 0 Å². The molecule has 0 fully saturated rings.